The first-order chi connectivity index (χ1) is 9.22. The van der Waals surface area contributed by atoms with Crippen LogP contribution in [0.15, 0.2) is 24.3 Å². The van der Waals surface area contributed by atoms with Gasteiger partial charge in [-0.15, -0.1) is 0 Å². The van der Waals surface area contributed by atoms with Gasteiger partial charge in [0.2, 0.25) is 5.91 Å². The van der Waals surface area contributed by atoms with Crippen molar-refractivity contribution in [3.8, 4) is 0 Å². The van der Waals surface area contributed by atoms with Crippen molar-refractivity contribution in [2.45, 2.75) is 13.3 Å². The Morgan fingerprint density at radius 3 is 2.84 bits per heavy atom. The largest absolute Gasteiger partial charge is 0.352 e. The monoisotopic (exact) mass is 261 g/mol. The first-order valence-electron chi connectivity index (χ1n) is 6.61. The Morgan fingerprint density at radius 2 is 2.16 bits per heavy atom. The summed E-state index contributed by atoms with van der Waals surface area (Å²) in [6.07, 6.45) is 0.842. The topological polar surface area (TPSA) is 70.2 Å². The lowest BCUT2D eigenvalue weighted by atomic mass is 10.1. The predicted molar refractivity (Wildman–Crippen MR) is 74.1 cm³/mol. The number of rotatable bonds is 4. The summed E-state index contributed by atoms with van der Waals surface area (Å²) in [7, 11) is 0. The summed E-state index contributed by atoms with van der Waals surface area (Å²) in [5.74, 6) is -0.202. The van der Waals surface area contributed by atoms with Crippen LogP contribution in [0.5, 0.6) is 0 Å². The number of amides is 2. The Kier molecular flexibility index (Phi) is 4.52. The molecule has 1 heterocycles. The van der Waals surface area contributed by atoms with Gasteiger partial charge in [0.1, 0.15) is 0 Å². The van der Waals surface area contributed by atoms with Gasteiger partial charge >= 0.3 is 0 Å². The molecule has 0 saturated carbocycles. The van der Waals surface area contributed by atoms with Crippen LogP contribution in [0, 0.1) is 5.92 Å². The van der Waals surface area contributed by atoms with E-state index < -0.39 is 0 Å². The Hall–Kier alpha value is -1.88. The fourth-order valence-electron chi connectivity index (χ4n) is 2.16. The number of carbonyl (C=O) groups excluding carboxylic acids is 2. The molecule has 0 radical (unpaired) electrons. The molecule has 1 aliphatic rings. The highest BCUT2D eigenvalue weighted by Gasteiger charge is 2.23. The first-order valence-corrected chi connectivity index (χ1v) is 6.61. The SMILES string of the molecule is CCNC(=O)c1ccccc1NC(=O)C1CCNC1. The molecule has 1 atom stereocenters. The number of nitrogens with one attached hydrogen (secondary N) is 3. The molecule has 1 aliphatic heterocycles. The van der Waals surface area contributed by atoms with E-state index >= 15 is 0 Å². The second-order valence-electron chi connectivity index (χ2n) is 4.58. The highest BCUT2D eigenvalue weighted by atomic mass is 16.2. The summed E-state index contributed by atoms with van der Waals surface area (Å²) in [6.45, 7) is 4.00. The van der Waals surface area contributed by atoms with E-state index in [1.165, 1.54) is 0 Å². The lowest BCUT2D eigenvalue weighted by Gasteiger charge is -2.13. The fraction of sp³-hybridized carbons (Fsp3) is 0.429. The maximum atomic E-state index is 12.1. The third-order valence-corrected chi connectivity index (χ3v) is 3.20. The Labute approximate surface area is 112 Å². The Balaban J connectivity index is 2.11. The van der Waals surface area contributed by atoms with Crippen LogP contribution >= 0.6 is 0 Å². The maximum absolute atomic E-state index is 12.1. The van der Waals surface area contributed by atoms with Crippen molar-refractivity contribution in [2.75, 3.05) is 25.0 Å². The van der Waals surface area contributed by atoms with Gasteiger partial charge in [-0.2, -0.15) is 0 Å². The number of hydrogen-bond acceptors (Lipinski definition) is 3. The van der Waals surface area contributed by atoms with Gasteiger partial charge < -0.3 is 16.0 Å². The standard InChI is InChI=1S/C14H19N3O2/c1-2-16-14(19)11-5-3-4-6-12(11)17-13(18)10-7-8-15-9-10/h3-6,10,15H,2,7-9H2,1H3,(H,16,19)(H,17,18). The minimum Gasteiger partial charge on any atom is -0.352 e. The van der Waals surface area contributed by atoms with Crippen LogP contribution in [0.1, 0.15) is 23.7 Å². The molecule has 0 spiro atoms. The van der Waals surface area contributed by atoms with E-state index in [-0.39, 0.29) is 17.7 Å². The third kappa shape index (κ3) is 3.32. The molecule has 1 saturated heterocycles. The van der Waals surface area contributed by atoms with Crippen LogP contribution in [0.3, 0.4) is 0 Å². The van der Waals surface area contributed by atoms with Gasteiger partial charge in [-0.25, -0.2) is 0 Å². The van der Waals surface area contributed by atoms with Crippen LogP contribution in [0.4, 0.5) is 5.69 Å². The summed E-state index contributed by atoms with van der Waals surface area (Å²) in [6, 6.07) is 7.07. The Bertz CT molecular complexity index is 468. The Morgan fingerprint density at radius 1 is 1.37 bits per heavy atom. The zero-order valence-corrected chi connectivity index (χ0v) is 11.0. The van der Waals surface area contributed by atoms with Gasteiger partial charge in [0.25, 0.3) is 5.91 Å². The van der Waals surface area contributed by atoms with Gasteiger partial charge in [0, 0.05) is 13.1 Å². The lowest BCUT2D eigenvalue weighted by Crippen LogP contribution is -2.28. The maximum Gasteiger partial charge on any atom is 0.253 e. The molecule has 1 unspecified atom stereocenters. The van der Waals surface area contributed by atoms with E-state index in [4.69, 9.17) is 0 Å². The number of carbonyl (C=O) groups is 2. The van der Waals surface area contributed by atoms with Crippen molar-refractivity contribution in [1.29, 1.82) is 0 Å². The molecule has 2 rings (SSSR count). The second kappa shape index (κ2) is 6.33. The second-order valence-corrected chi connectivity index (χ2v) is 4.58. The van der Waals surface area contributed by atoms with Gasteiger partial charge in [0.05, 0.1) is 17.2 Å². The smallest absolute Gasteiger partial charge is 0.253 e. The predicted octanol–water partition coefficient (Wildman–Crippen LogP) is 0.984. The average Bonchev–Trinajstić information content (AvgIpc) is 2.93. The van der Waals surface area contributed by atoms with E-state index in [2.05, 4.69) is 16.0 Å². The van der Waals surface area contributed by atoms with E-state index in [9.17, 15) is 9.59 Å². The molecule has 1 fully saturated rings. The molecule has 5 heteroatoms. The van der Waals surface area contributed by atoms with Crippen molar-refractivity contribution in [3.05, 3.63) is 29.8 Å². The van der Waals surface area contributed by atoms with Crippen molar-refractivity contribution in [3.63, 3.8) is 0 Å². The van der Waals surface area contributed by atoms with E-state index in [0.717, 1.165) is 13.0 Å². The van der Waals surface area contributed by atoms with Crippen molar-refractivity contribution >= 4 is 17.5 Å². The summed E-state index contributed by atoms with van der Waals surface area (Å²) in [5.41, 5.74) is 1.08. The van der Waals surface area contributed by atoms with Crippen molar-refractivity contribution < 1.29 is 9.59 Å². The molecule has 1 aromatic carbocycles. The summed E-state index contributed by atoms with van der Waals surface area (Å²) in [5, 5.41) is 8.75. The fourth-order valence-corrected chi connectivity index (χ4v) is 2.16. The third-order valence-electron chi connectivity index (χ3n) is 3.20. The molecular weight excluding hydrogens is 242 g/mol. The van der Waals surface area contributed by atoms with Crippen molar-refractivity contribution in [1.82, 2.24) is 10.6 Å². The summed E-state index contributed by atoms with van der Waals surface area (Å²) in [4.78, 5) is 24.0. The number of anilines is 1. The van der Waals surface area contributed by atoms with Crippen LogP contribution < -0.4 is 16.0 Å². The van der Waals surface area contributed by atoms with Gasteiger partial charge in [-0.3, -0.25) is 9.59 Å². The zero-order chi connectivity index (χ0) is 13.7. The molecule has 19 heavy (non-hydrogen) atoms. The highest BCUT2D eigenvalue weighted by molar-refractivity contribution is 6.04. The van der Waals surface area contributed by atoms with Gasteiger partial charge in [-0.05, 0) is 32.0 Å². The lowest BCUT2D eigenvalue weighted by molar-refractivity contribution is -0.119. The van der Waals surface area contributed by atoms with E-state index in [0.29, 0.717) is 24.3 Å². The number of benzene rings is 1. The summed E-state index contributed by atoms with van der Waals surface area (Å²) < 4.78 is 0. The summed E-state index contributed by atoms with van der Waals surface area (Å²) >= 11 is 0. The first kappa shape index (κ1) is 13.5. The number of hydrogen-bond donors (Lipinski definition) is 3. The molecule has 2 amide bonds. The van der Waals surface area contributed by atoms with Crippen molar-refractivity contribution in [2.24, 2.45) is 5.92 Å². The minimum absolute atomic E-state index is 0.0118. The van der Waals surface area contributed by atoms with Crippen LogP contribution in [0.2, 0.25) is 0 Å². The number of para-hydroxylation sites is 1. The van der Waals surface area contributed by atoms with Gasteiger partial charge in [-0.1, -0.05) is 12.1 Å². The molecular formula is C14H19N3O2. The van der Waals surface area contributed by atoms with E-state index in [1.807, 2.05) is 13.0 Å². The highest BCUT2D eigenvalue weighted by Crippen LogP contribution is 2.17. The van der Waals surface area contributed by atoms with E-state index in [1.54, 1.807) is 18.2 Å². The van der Waals surface area contributed by atoms with Gasteiger partial charge in [0.15, 0.2) is 0 Å². The van der Waals surface area contributed by atoms with Crippen LogP contribution in [-0.2, 0) is 4.79 Å². The molecule has 0 aliphatic carbocycles. The molecule has 0 aromatic heterocycles. The molecule has 3 N–H and O–H groups in total. The molecule has 0 bridgehead atoms. The molecule has 1 aromatic rings. The quantitative estimate of drug-likeness (QED) is 0.757. The normalized spacial score (nSPS) is 18.1. The minimum atomic E-state index is -0.164. The molecule has 102 valence electrons. The molecule has 5 nitrogen and oxygen atoms in total. The van der Waals surface area contributed by atoms with Crippen LogP contribution in [-0.4, -0.2) is 31.4 Å². The van der Waals surface area contributed by atoms with Crippen LogP contribution in [0.25, 0.3) is 0 Å². The zero-order valence-electron chi connectivity index (χ0n) is 11.0. The average molecular weight is 261 g/mol.